The minimum atomic E-state index is 0.129. The third kappa shape index (κ3) is 3.19. The molecule has 0 bridgehead atoms. The zero-order chi connectivity index (χ0) is 13.0. The van der Waals surface area contributed by atoms with Crippen molar-refractivity contribution >= 4 is 15.9 Å². The van der Waals surface area contributed by atoms with E-state index >= 15 is 0 Å². The van der Waals surface area contributed by atoms with Gasteiger partial charge >= 0.3 is 0 Å². The van der Waals surface area contributed by atoms with Gasteiger partial charge in [-0.1, -0.05) is 64.0 Å². The molecule has 2 nitrogen and oxygen atoms in total. The van der Waals surface area contributed by atoms with Gasteiger partial charge in [0.1, 0.15) is 0 Å². The van der Waals surface area contributed by atoms with Crippen molar-refractivity contribution in [1.29, 1.82) is 0 Å². The zero-order valence-corrected chi connectivity index (χ0v) is 11.9. The minimum absolute atomic E-state index is 0.129. The Hall–Kier alpha value is -1.16. The number of hydrazine groups is 1. The summed E-state index contributed by atoms with van der Waals surface area (Å²) >= 11 is 3.57. The molecule has 2 rings (SSSR count). The Morgan fingerprint density at radius 3 is 2.39 bits per heavy atom. The Kier molecular flexibility index (Phi) is 4.53. The number of aryl methyl sites for hydroxylation is 1. The van der Waals surface area contributed by atoms with E-state index in [1.807, 2.05) is 12.1 Å². The highest BCUT2D eigenvalue weighted by molar-refractivity contribution is 9.10. The highest BCUT2D eigenvalue weighted by atomic mass is 79.9. The van der Waals surface area contributed by atoms with Crippen molar-refractivity contribution in [3.05, 3.63) is 69.7 Å². The third-order valence-corrected chi connectivity index (χ3v) is 3.84. The second kappa shape index (κ2) is 6.14. The molecule has 0 aliphatic rings. The van der Waals surface area contributed by atoms with Gasteiger partial charge < -0.3 is 0 Å². The maximum Gasteiger partial charge on any atom is 0.0500 e. The summed E-state index contributed by atoms with van der Waals surface area (Å²) in [6, 6.07) is 16.8. The molecule has 2 aromatic carbocycles. The molecule has 1 atom stereocenters. The molecule has 0 aliphatic carbocycles. The van der Waals surface area contributed by atoms with Gasteiger partial charge in [-0.05, 0) is 30.5 Å². The molecule has 3 heteroatoms. The quantitative estimate of drug-likeness (QED) is 0.670. The lowest BCUT2D eigenvalue weighted by Crippen LogP contribution is -2.29. The number of nitrogens with one attached hydrogen (secondary N) is 1. The second-order valence-corrected chi connectivity index (χ2v) is 5.28. The van der Waals surface area contributed by atoms with Crippen LogP contribution in [-0.4, -0.2) is 0 Å². The van der Waals surface area contributed by atoms with Gasteiger partial charge in [-0.3, -0.25) is 11.3 Å². The van der Waals surface area contributed by atoms with E-state index in [4.69, 9.17) is 5.84 Å². The van der Waals surface area contributed by atoms with Crippen LogP contribution in [0, 0.1) is 6.92 Å². The maximum atomic E-state index is 5.68. The number of benzene rings is 2. The predicted molar refractivity (Wildman–Crippen MR) is 79.1 cm³/mol. The average molecular weight is 305 g/mol. The summed E-state index contributed by atoms with van der Waals surface area (Å²) in [5.74, 6) is 5.68. The summed E-state index contributed by atoms with van der Waals surface area (Å²) in [4.78, 5) is 0. The molecule has 0 saturated carbocycles. The number of rotatable bonds is 4. The van der Waals surface area contributed by atoms with Crippen LogP contribution in [0.15, 0.2) is 53.0 Å². The average Bonchev–Trinajstić information content (AvgIpc) is 2.39. The molecule has 2 aromatic rings. The van der Waals surface area contributed by atoms with Crippen LogP contribution in [0.4, 0.5) is 0 Å². The summed E-state index contributed by atoms with van der Waals surface area (Å²) in [7, 11) is 0. The molecule has 0 aromatic heterocycles. The Bertz CT molecular complexity index is 508. The molecule has 94 valence electrons. The molecule has 0 fully saturated rings. The molecule has 1 unspecified atom stereocenters. The molecule has 0 amide bonds. The lowest BCUT2D eigenvalue weighted by molar-refractivity contribution is 0.551. The van der Waals surface area contributed by atoms with Crippen LogP contribution >= 0.6 is 15.9 Å². The first-order valence-electron chi connectivity index (χ1n) is 5.97. The maximum absolute atomic E-state index is 5.68. The van der Waals surface area contributed by atoms with E-state index in [0.717, 1.165) is 10.9 Å². The van der Waals surface area contributed by atoms with E-state index in [2.05, 4.69) is 64.7 Å². The Morgan fingerprint density at radius 1 is 1.11 bits per heavy atom. The van der Waals surface area contributed by atoms with Crippen LogP contribution in [0.3, 0.4) is 0 Å². The van der Waals surface area contributed by atoms with Crippen molar-refractivity contribution in [2.45, 2.75) is 19.4 Å². The smallest absolute Gasteiger partial charge is 0.0500 e. The van der Waals surface area contributed by atoms with Crippen LogP contribution in [0.5, 0.6) is 0 Å². The minimum Gasteiger partial charge on any atom is -0.271 e. The number of hydrogen-bond acceptors (Lipinski definition) is 2. The number of halogens is 1. The normalized spacial score (nSPS) is 12.4. The Labute approximate surface area is 116 Å². The number of nitrogens with two attached hydrogens (primary N) is 1. The van der Waals surface area contributed by atoms with E-state index in [0.29, 0.717) is 0 Å². The fourth-order valence-electron chi connectivity index (χ4n) is 1.96. The van der Waals surface area contributed by atoms with Gasteiger partial charge in [0.05, 0.1) is 6.04 Å². The SMILES string of the molecule is Cc1ccc(C(Cc2ccccc2Br)NN)cc1. The first kappa shape index (κ1) is 13.3. The van der Waals surface area contributed by atoms with E-state index in [9.17, 15) is 0 Å². The van der Waals surface area contributed by atoms with Crippen molar-refractivity contribution in [1.82, 2.24) is 5.43 Å². The largest absolute Gasteiger partial charge is 0.271 e. The standard InChI is InChI=1S/C15H17BrN2/c1-11-6-8-12(9-7-11)15(18-17)10-13-4-2-3-5-14(13)16/h2-9,15,18H,10,17H2,1H3. The van der Waals surface area contributed by atoms with E-state index in [-0.39, 0.29) is 6.04 Å². The van der Waals surface area contributed by atoms with Crippen molar-refractivity contribution in [3.8, 4) is 0 Å². The highest BCUT2D eigenvalue weighted by Crippen LogP contribution is 2.23. The zero-order valence-electron chi connectivity index (χ0n) is 10.4. The molecule has 0 radical (unpaired) electrons. The monoisotopic (exact) mass is 304 g/mol. The van der Waals surface area contributed by atoms with Crippen LogP contribution in [0.1, 0.15) is 22.7 Å². The molecule has 18 heavy (non-hydrogen) atoms. The number of hydrogen-bond donors (Lipinski definition) is 2. The fourth-order valence-corrected chi connectivity index (χ4v) is 2.40. The van der Waals surface area contributed by atoms with Gasteiger partial charge in [-0.2, -0.15) is 0 Å². The van der Waals surface area contributed by atoms with Crippen molar-refractivity contribution in [3.63, 3.8) is 0 Å². The van der Waals surface area contributed by atoms with Gasteiger partial charge in [0.15, 0.2) is 0 Å². The van der Waals surface area contributed by atoms with Crippen LogP contribution < -0.4 is 11.3 Å². The van der Waals surface area contributed by atoms with Gasteiger partial charge in [-0.15, -0.1) is 0 Å². The van der Waals surface area contributed by atoms with E-state index < -0.39 is 0 Å². The highest BCUT2D eigenvalue weighted by Gasteiger charge is 2.11. The molecule has 0 saturated heterocycles. The van der Waals surface area contributed by atoms with Crippen molar-refractivity contribution in [2.24, 2.45) is 5.84 Å². The molecule has 0 aliphatic heterocycles. The summed E-state index contributed by atoms with van der Waals surface area (Å²) in [5.41, 5.74) is 6.61. The van der Waals surface area contributed by atoms with Crippen molar-refractivity contribution in [2.75, 3.05) is 0 Å². The summed E-state index contributed by atoms with van der Waals surface area (Å²) in [5, 5.41) is 0. The molecular formula is C15H17BrN2. The Balaban J connectivity index is 2.20. The van der Waals surface area contributed by atoms with E-state index in [1.165, 1.54) is 16.7 Å². The van der Waals surface area contributed by atoms with Crippen LogP contribution in [0.2, 0.25) is 0 Å². The topological polar surface area (TPSA) is 38.0 Å². The predicted octanol–water partition coefficient (Wildman–Crippen LogP) is 3.50. The fraction of sp³-hybridized carbons (Fsp3) is 0.200. The van der Waals surface area contributed by atoms with Gasteiger partial charge in [0.25, 0.3) is 0 Å². The van der Waals surface area contributed by atoms with Gasteiger partial charge in [0, 0.05) is 4.47 Å². The first-order valence-corrected chi connectivity index (χ1v) is 6.76. The van der Waals surface area contributed by atoms with Crippen LogP contribution in [0.25, 0.3) is 0 Å². The summed E-state index contributed by atoms with van der Waals surface area (Å²) < 4.78 is 1.12. The lowest BCUT2D eigenvalue weighted by atomic mass is 9.99. The lowest BCUT2D eigenvalue weighted by Gasteiger charge is -2.17. The first-order chi connectivity index (χ1) is 8.70. The molecule has 0 heterocycles. The second-order valence-electron chi connectivity index (χ2n) is 4.43. The van der Waals surface area contributed by atoms with Crippen LogP contribution in [-0.2, 0) is 6.42 Å². The third-order valence-electron chi connectivity index (χ3n) is 3.06. The summed E-state index contributed by atoms with van der Waals surface area (Å²) in [6.45, 7) is 2.09. The molecule has 0 spiro atoms. The molecular weight excluding hydrogens is 288 g/mol. The van der Waals surface area contributed by atoms with Gasteiger partial charge in [0.2, 0.25) is 0 Å². The Morgan fingerprint density at radius 2 is 1.78 bits per heavy atom. The summed E-state index contributed by atoms with van der Waals surface area (Å²) in [6.07, 6.45) is 0.862. The molecule has 3 N–H and O–H groups in total. The van der Waals surface area contributed by atoms with Gasteiger partial charge in [-0.25, -0.2) is 0 Å². The van der Waals surface area contributed by atoms with E-state index in [1.54, 1.807) is 0 Å². The van der Waals surface area contributed by atoms with Crippen molar-refractivity contribution < 1.29 is 0 Å².